The Hall–Kier alpha value is -0.990. The molecule has 0 aromatic heterocycles. The second-order valence-corrected chi connectivity index (χ2v) is 3.47. The number of carbonyl (C=O) groups excluding carboxylic acids is 1. The Balaban J connectivity index is 4.93. The summed E-state index contributed by atoms with van der Waals surface area (Å²) in [6.45, 7) is 2.43. The molecule has 0 rings (SSSR count). The lowest BCUT2D eigenvalue weighted by atomic mass is 9.87. The molecule has 0 radical (unpaired) electrons. The Bertz CT molecular complexity index is 258. The summed E-state index contributed by atoms with van der Waals surface area (Å²) in [5, 5.41) is 46.2. The van der Waals surface area contributed by atoms with Gasteiger partial charge in [-0.2, -0.15) is 0 Å². The molecule has 94 valence electrons. The molecule has 16 heavy (non-hydrogen) atoms. The molecule has 0 saturated carbocycles. The van der Waals surface area contributed by atoms with Crippen molar-refractivity contribution >= 4 is 5.91 Å². The Morgan fingerprint density at radius 2 is 1.94 bits per heavy atom. The first-order valence-corrected chi connectivity index (χ1v) is 4.59. The van der Waals surface area contributed by atoms with Gasteiger partial charge in [-0.1, -0.05) is 6.08 Å². The normalized spacial score (nSPS) is 20.6. The number of carbonyl (C=O) groups is 1. The number of primary amides is 1. The standard InChI is InChI=1S/C9H17NO6/c1-2-3-9(16,8(10)15)7(14)6(13)5(12)4-11/h2,5-7,11-14,16H,1,3-4H2,(H2,10,15)/t5-,6-,7+,9-/m1/s1. The van der Waals surface area contributed by atoms with Crippen molar-refractivity contribution in [3.8, 4) is 0 Å². The Labute approximate surface area is 92.4 Å². The third-order valence-electron chi connectivity index (χ3n) is 2.28. The molecule has 0 bridgehead atoms. The van der Waals surface area contributed by atoms with Crippen molar-refractivity contribution in [1.29, 1.82) is 0 Å². The van der Waals surface area contributed by atoms with Crippen LogP contribution in [0, 0.1) is 0 Å². The van der Waals surface area contributed by atoms with E-state index in [4.69, 9.17) is 15.9 Å². The minimum absolute atomic E-state index is 0.390. The van der Waals surface area contributed by atoms with Gasteiger partial charge in [0.05, 0.1) is 6.61 Å². The second kappa shape index (κ2) is 5.92. The van der Waals surface area contributed by atoms with Gasteiger partial charge >= 0.3 is 0 Å². The molecule has 0 spiro atoms. The van der Waals surface area contributed by atoms with E-state index >= 15 is 0 Å². The van der Waals surface area contributed by atoms with Crippen LogP contribution in [0.25, 0.3) is 0 Å². The molecule has 1 amide bonds. The van der Waals surface area contributed by atoms with Crippen LogP contribution < -0.4 is 5.73 Å². The first-order valence-electron chi connectivity index (χ1n) is 4.59. The summed E-state index contributed by atoms with van der Waals surface area (Å²) in [4.78, 5) is 11.0. The van der Waals surface area contributed by atoms with Crippen molar-refractivity contribution in [2.45, 2.75) is 30.3 Å². The molecular weight excluding hydrogens is 218 g/mol. The van der Waals surface area contributed by atoms with Crippen LogP contribution in [0.4, 0.5) is 0 Å². The minimum atomic E-state index is -2.43. The number of nitrogens with two attached hydrogens (primary N) is 1. The topological polar surface area (TPSA) is 144 Å². The van der Waals surface area contributed by atoms with Gasteiger partial charge < -0.3 is 31.3 Å². The van der Waals surface area contributed by atoms with E-state index in [1.165, 1.54) is 0 Å². The molecule has 0 unspecified atom stereocenters. The molecule has 0 aliphatic carbocycles. The summed E-state index contributed by atoms with van der Waals surface area (Å²) < 4.78 is 0. The largest absolute Gasteiger partial charge is 0.394 e. The number of hydrogen-bond acceptors (Lipinski definition) is 6. The monoisotopic (exact) mass is 235 g/mol. The van der Waals surface area contributed by atoms with Crippen LogP contribution in [0.5, 0.6) is 0 Å². The molecule has 0 aromatic rings. The lowest BCUT2D eigenvalue weighted by Crippen LogP contribution is -2.59. The highest BCUT2D eigenvalue weighted by atomic mass is 16.4. The number of rotatable bonds is 7. The summed E-state index contributed by atoms with van der Waals surface area (Å²) in [6, 6.07) is 0. The van der Waals surface area contributed by atoms with E-state index in [1.807, 2.05) is 0 Å². The van der Waals surface area contributed by atoms with E-state index in [-0.39, 0.29) is 0 Å². The highest BCUT2D eigenvalue weighted by Gasteiger charge is 2.46. The van der Waals surface area contributed by atoms with Gasteiger partial charge in [-0.3, -0.25) is 4.79 Å². The quantitative estimate of drug-likeness (QED) is 0.257. The number of aliphatic hydroxyl groups excluding tert-OH is 4. The van der Waals surface area contributed by atoms with Gasteiger partial charge in [0.2, 0.25) is 0 Å². The van der Waals surface area contributed by atoms with Crippen LogP contribution in [0.1, 0.15) is 6.42 Å². The lowest BCUT2D eigenvalue weighted by Gasteiger charge is -2.33. The van der Waals surface area contributed by atoms with Crippen molar-refractivity contribution in [3.63, 3.8) is 0 Å². The second-order valence-electron chi connectivity index (χ2n) is 3.47. The van der Waals surface area contributed by atoms with Crippen LogP contribution in [-0.4, -0.2) is 62.0 Å². The molecule has 0 aromatic carbocycles. The highest BCUT2D eigenvalue weighted by Crippen LogP contribution is 2.20. The van der Waals surface area contributed by atoms with Crippen LogP contribution in [0.15, 0.2) is 12.7 Å². The van der Waals surface area contributed by atoms with Crippen molar-refractivity contribution in [1.82, 2.24) is 0 Å². The van der Waals surface area contributed by atoms with Crippen LogP contribution in [-0.2, 0) is 4.79 Å². The fraction of sp³-hybridized carbons (Fsp3) is 0.667. The average molecular weight is 235 g/mol. The predicted molar refractivity (Wildman–Crippen MR) is 54.1 cm³/mol. The van der Waals surface area contributed by atoms with Gasteiger partial charge in [0, 0.05) is 6.42 Å². The van der Waals surface area contributed by atoms with Gasteiger partial charge in [0.15, 0.2) is 5.60 Å². The molecular formula is C9H17NO6. The summed E-state index contributed by atoms with van der Waals surface area (Å²) in [5.74, 6) is -1.26. The van der Waals surface area contributed by atoms with Gasteiger partial charge in [0.1, 0.15) is 18.3 Å². The van der Waals surface area contributed by atoms with E-state index in [0.29, 0.717) is 0 Å². The van der Waals surface area contributed by atoms with Crippen molar-refractivity contribution in [2.24, 2.45) is 5.73 Å². The smallest absolute Gasteiger partial charge is 0.252 e. The molecule has 0 heterocycles. The van der Waals surface area contributed by atoms with E-state index < -0.39 is 42.8 Å². The van der Waals surface area contributed by atoms with Gasteiger partial charge in [-0.25, -0.2) is 0 Å². The van der Waals surface area contributed by atoms with E-state index in [2.05, 4.69) is 6.58 Å². The summed E-state index contributed by atoms with van der Waals surface area (Å²) in [5.41, 5.74) is 2.45. The molecule has 7 N–H and O–H groups in total. The number of aliphatic hydroxyl groups is 5. The first-order chi connectivity index (χ1) is 7.31. The number of amides is 1. The average Bonchev–Trinajstić information content (AvgIpc) is 2.25. The van der Waals surface area contributed by atoms with Gasteiger partial charge in [-0.15, -0.1) is 6.58 Å². The van der Waals surface area contributed by atoms with Crippen LogP contribution in [0.3, 0.4) is 0 Å². The third kappa shape index (κ3) is 3.00. The maximum Gasteiger partial charge on any atom is 0.252 e. The van der Waals surface area contributed by atoms with Crippen LogP contribution in [0.2, 0.25) is 0 Å². The van der Waals surface area contributed by atoms with Gasteiger partial charge in [0.25, 0.3) is 5.91 Å². The SMILES string of the molecule is C=CC[C@](O)(C(N)=O)[C@@H](O)[C@H](O)[C@H](O)CO. The first kappa shape index (κ1) is 15.0. The maximum atomic E-state index is 11.0. The molecule has 4 atom stereocenters. The zero-order valence-electron chi connectivity index (χ0n) is 8.65. The lowest BCUT2D eigenvalue weighted by molar-refractivity contribution is -0.172. The van der Waals surface area contributed by atoms with E-state index in [9.17, 15) is 20.1 Å². The van der Waals surface area contributed by atoms with Crippen molar-refractivity contribution in [3.05, 3.63) is 12.7 Å². The Morgan fingerprint density at radius 3 is 2.25 bits per heavy atom. The molecule has 0 aliphatic heterocycles. The zero-order valence-corrected chi connectivity index (χ0v) is 8.65. The molecule has 7 heteroatoms. The molecule has 0 aliphatic rings. The maximum absolute atomic E-state index is 11.0. The minimum Gasteiger partial charge on any atom is -0.394 e. The fourth-order valence-corrected chi connectivity index (χ4v) is 1.19. The third-order valence-corrected chi connectivity index (χ3v) is 2.28. The number of hydrogen-bond donors (Lipinski definition) is 6. The predicted octanol–water partition coefficient (Wildman–Crippen LogP) is -3.15. The van der Waals surface area contributed by atoms with Crippen LogP contribution >= 0.6 is 0 Å². The van der Waals surface area contributed by atoms with E-state index in [1.54, 1.807) is 0 Å². The highest BCUT2D eigenvalue weighted by molar-refractivity contribution is 5.84. The molecule has 7 nitrogen and oxygen atoms in total. The summed E-state index contributed by atoms with van der Waals surface area (Å²) in [6.07, 6.45) is -4.87. The van der Waals surface area contributed by atoms with Crippen molar-refractivity contribution < 1.29 is 30.3 Å². The van der Waals surface area contributed by atoms with Crippen molar-refractivity contribution in [2.75, 3.05) is 6.61 Å². The summed E-state index contributed by atoms with van der Waals surface area (Å²) >= 11 is 0. The Kier molecular flexibility index (Phi) is 5.56. The molecule has 0 saturated heterocycles. The Morgan fingerprint density at radius 1 is 1.44 bits per heavy atom. The van der Waals surface area contributed by atoms with E-state index in [0.717, 1.165) is 6.08 Å². The van der Waals surface area contributed by atoms with Gasteiger partial charge in [-0.05, 0) is 0 Å². The fourth-order valence-electron chi connectivity index (χ4n) is 1.19. The molecule has 0 fully saturated rings. The summed E-state index contributed by atoms with van der Waals surface area (Å²) in [7, 11) is 0. The zero-order chi connectivity index (χ0) is 12.9.